The fourth-order valence-corrected chi connectivity index (χ4v) is 2.50. The van der Waals surface area contributed by atoms with E-state index in [1.165, 1.54) is 0 Å². The lowest BCUT2D eigenvalue weighted by molar-refractivity contribution is 0.415. The first-order valence-corrected chi connectivity index (χ1v) is 8.18. The van der Waals surface area contributed by atoms with Crippen LogP contribution in [0.3, 0.4) is 0 Å². The molecule has 0 atom stereocenters. The van der Waals surface area contributed by atoms with Crippen molar-refractivity contribution in [1.29, 1.82) is 0 Å². The molecule has 1 N–H and O–H groups in total. The Balaban J connectivity index is 1.89. The summed E-state index contributed by atoms with van der Waals surface area (Å²) in [6, 6.07) is 17.7. The van der Waals surface area contributed by atoms with E-state index in [1.54, 1.807) is 18.0 Å². The molecule has 1 aromatic heterocycles. The minimum Gasteiger partial charge on any atom is -0.497 e. The van der Waals surface area contributed by atoms with Gasteiger partial charge in [-0.15, -0.1) is 0 Å². The van der Waals surface area contributed by atoms with Crippen LogP contribution in [0.15, 0.2) is 65.3 Å². The van der Waals surface area contributed by atoms with Crippen LogP contribution < -0.4 is 4.74 Å². The normalized spacial score (nSPS) is 11.8. The minimum absolute atomic E-state index is 0.439. The quantitative estimate of drug-likeness (QED) is 0.542. The first-order valence-electron chi connectivity index (χ1n) is 7.77. The van der Waals surface area contributed by atoms with Crippen LogP contribution in [0, 0.1) is 4.77 Å². The molecular formula is C19H18N4OS. The first kappa shape index (κ1) is 16.9. The highest BCUT2D eigenvalue weighted by molar-refractivity contribution is 7.71. The Bertz CT molecular complexity index is 953. The summed E-state index contributed by atoms with van der Waals surface area (Å²) in [4.78, 5) is 0. The van der Waals surface area contributed by atoms with Crippen LogP contribution in [0.4, 0.5) is 0 Å². The number of aromatic nitrogens is 3. The molecule has 126 valence electrons. The van der Waals surface area contributed by atoms with Crippen molar-refractivity contribution in [3.8, 4) is 17.1 Å². The van der Waals surface area contributed by atoms with Gasteiger partial charge in [-0.3, -0.25) is 0 Å². The van der Waals surface area contributed by atoms with Crippen LogP contribution in [0.1, 0.15) is 12.5 Å². The number of aromatic amines is 1. The van der Waals surface area contributed by atoms with Crippen LogP contribution in [0.25, 0.3) is 17.5 Å². The SMILES string of the molecule is COc1ccc(-c2n[nH]c(=S)n2/N=C/C(C)=C/c2ccccc2)cc1. The van der Waals surface area contributed by atoms with E-state index in [2.05, 4.69) is 21.4 Å². The topological polar surface area (TPSA) is 55.2 Å². The number of benzene rings is 2. The fraction of sp³-hybridized carbons (Fsp3) is 0.105. The van der Waals surface area contributed by atoms with E-state index in [1.807, 2.05) is 61.5 Å². The number of nitrogens with one attached hydrogen (secondary N) is 1. The molecule has 0 fully saturated rings. The van der Waals surface area contributed by atoms with Crippen molar-refractivity contribution in [3.05, 3.63) is 70.5 Å². The molecule has 0 amide bonds. The van der Waals surface area contributed by atoms with Gasteiger partial charge in [0.15, 0.2) is 5.82 Å². The number of rotatable bonds is 5. The van der Waals surface area contributed by atoms with Crippen LogP contribution in [0.2, 0.25) is 0 Å². The van der Waals surface area contributed by atoms with Crippen LogP contribution in [-0.4, -0.2) is 28.2 Å². The van der Waals surface area contributed by atoms with Gasteiger partial charge in [0, 0.05) is 5.56 Å². The Morgan fingerprint density at radius 3 is 2.56 bits per heavy atom. The van der Waals surface area contributed by atoms with E-state index >= 15 is 0 Å². The molecular weight excluding hydrogens is 332 g/mol. The highest BCUT2D eigenvalue weighted by atomic mass is 32.1. The lowest BCUT2D eigenvalue weighted by Gasteiger charge is -2.03. The number of H-pyrrole nitrogens is 1. The predicted octanol–water partition coefficient (Wildman–Crippen LogP) is 4.55. The molecule has 3 aromatic rings. The van der Waals surface area contributed by atoms with Gasteiger partial charge in [0.05, 0.1) is 13.3 Å². The Kier molecular flexibility index (Phi) is 5.20. The molecule has 6 heteroatoms. The summed E-state index contributed by atoms with van der Waals surface area (Å²) in [7, 11) is 1.64. The highest BCUT2D eigenvalue weighted by Crippen LogP contribution is 2.20. The third-order valence-electron chi connectivity index (χ3n) is 3.57. The van der Waals surface area contributed by atoms with Crippen molar-refractivity contribution >= 4 is 24.5 Å². The van der Waals surface area contributed by atoms with Crippen LogP contribution >= 0.6 is 12.2 Å². The minimum atomic E-state index is 0.439. The van der Waals surface area contributed by atoms with Gasteiger partial charge >= 0.3 is 0 Å². The van der Waals surface area contributed by atoms with Gasteiger partial charge in [-0.05, 0) is 54.5 Å². The average Bonchev–Trinajstić information content (AvgIpc) is 3.01. The van der Waals surface area contributed by atoms with E-state index in [4.69, 9.17) is 17.0 Å². The number of hydrogen-bond acceptors (Lipinski definition) is 4. The van der Waals surface area contributed by atoms with Crippen molar-refractivity contribution in [2.24, 2.45) is 5.10 Å². The number of allylic oxidation sites excluding steroid dienone is 1. The zero-order valence-corrected chi connectivity index (χ0v) is 14.8. The van der Waals surface area contributed by atoms with Crippen molar-refractivity contribution in [3.63, 3.8) is 0 Å². The summed E-state index contributed by atoms with van der Waals surface area (Å²) in [5, 5.41) is 11.5. The summed E-state index contributed by atoms with van der Waals surface area (Å²) in [6.07, 6.45) is 3.82. The summed E-state index contributed by atoms with van der Waals surface area (Å²) < 4.78 is 7.23. The fourth-order valence-electron chi connectivity index (χ4n) is 2.32. The van der Waals surface area contributed by atoms with E-state index in [9.17, 15) is 0 Å². The molecule has 0 aliphatic rings. The lowest BCUT2D eigenvalue weighted by atomic mass is 10.1. The summed E-state index contributed by atoms with van der Waals surface area (Å²) >= 11 is 5.29. The first-order chi connectivity index (χ1) is 12.2. The summed E-state index contributed by atoms with van der Waals surface area (Å²) in [5.74, 6) is 1.44. The summed E-state index contributed by atoms with van der Waals surface area (Å²) in [5.41, 5.74) is 3.03. The maximum absolute atomic E-state index is 5.29. The molecule has 0 spiro atoms. The van der Waals surface area contributed by atoms with Gasteiger partial charge in [-0.25, -0.2) is 5.10 Å². The smallest absolute Gasteiger partial charge is 0.216 e. The Morgan fingerprint density at radius 1 is 1.16 bits per heavy atom. The van der Waals surface area contributed by atoms with Gasteiger partial charge < -0.3 is 4.74 Å². The molecule has 0 aliphatic carbocycles. The Labute approximate surface area is 151 Å². The standard InChI is InChI=1S/C19H18N4OS/c1-14(12-15-6-4-3-5-7-15)13-20-23-18(21-22-19(23)25)16-8-10-17(24-2)11-9-16/h3-13H,1-2H3,(H,22,25)/b14-12+,20-13+. The maximum atomic E-state index is 5.29. The number of methoxy groups -OCH3 is 1. The molecule has 0 unspecified atom stereocenters. The van der Waals surface area contributed by atoms with Crippen LogP contribution in [0.5, 0.6) is 5.75 Å². The van der Waals surface area contributed by atoms with Crippen molar-refractivity contribution in [2.75, 3.05) is 7.11 Å². The molecule has 5 nitrogen and oxygen atoms in total. The predicted molar refractivity (Wildman–Crippen MR) is 103 cm³/mol. The van der Waals surface area contributed by atoms with E-state index in [0.717, 1.165) is 22.4 Å². The number of ether oxygens (including phenoxy) is 1. The molecule has 2 aromatic carbocycles. The third-order valence-corrected chi connectivity index (χ3v) is 3.83. The lowest BCUT2D eigenvalue weighted by Crippen LogP contribution is -1.95. The number of hydrogen-bond donors (Lipinski definition) is 1. The van der Waals surface area contributed by atoms with Crippen molar-refractivity contribution in [2.45, 2.75) is 6.92 Å². The highest BCUT2D eigenvalue weighted by Gasteiger charge is 2.08. The molecule has 0 bridgehead atoms. The van der Waals surface area contributed by atoms with E-state index in [-0.39, 0.29) is 0 Å². The molecule has 3 rings (SSSR count). The Hall–Kier alpha value is -2.99. The monoisotopic (exact) mass is 350 g/mol. The molecule has 0 radical (unpaired) electrons. The Morgan fingerprint density at radius 2 is 1.88 bits per heavy atom. The van der Waals surface area contributed by atoms with Crippen molar-refractivity contribution in [1.82, 2.24) is 14.9 Å². The second-order valence-electron chi connectivity index (χ2n) is 5.44. The molecule has 0 aliphatic heterocycles. The summed E-state index contributed by atoms with van der Waals surface area (Å²) in [6.45, 7) is 1.99. The van der Waals surface area contributed by atoms with Gasteiger partial charge in [-0.2, -0.15) is 14.9 Å². The average molecular weight is 350 g/mol. The molecule has 0 saturated heterocycles. The van der Waals surface area contributed by atoms with Gasteiger partial charge in [0.2, 0.25) is 4.77 Å². The zero-order chi connectivity index (χ0) is 17.6. The second-order valence-corrected chi connectivity index (χ2v) is 5.82. The third kappa shape index (κ3) is 4.10. The zero-order valence-electron chi connectivity index (χ0n) is 14.0. The molecule has 25 heavy (non-hydrogen) atoms. The van der Waals surface area contributed by atoms with Crippen molar-refractivity contribution < 1.29 is 4.74 Å². The van der Waals surface area contributed by atoms with E-state index in [0.29, 0.717) is 10.6 Å². The van der Waals surface area contributed by atoms with Gasteiger partial charge in [0.25, 0.3) is 0 Å². The molecule has 1 heterocycles. The van der Waals surface area contributed by atoms with Gasteiger partial charge in [0.1, 0.15) is 5.75 Å². The second kappa shape index (κ2) is 7.72. The largest absolute Gasteiger partial charge is 0.497 e. The van der Waals surface area contributed by atoms with Crippen LogP contribution in [-0.2, 0) is 0 Å². The maximum Gasteiger partial charge on any atom is 0.216 e. The van der Waals surface area contributed by atoms with Gasteiger partial charge in [-0.1, -0.05) is 36.4 Å². The molecule has 0 saturated carbocycles. The number of nitrogens with zero attached hydrogens (tertiary/aromatic N) is 3. The van der Waals surface area contributed by atoms with E-state index < -0.39 is 0 Å².